The maximum atomic E-state index is 12.9. The molecular weight excluding hydrogens is 504 g/mol. The van der Waals surface area contributed by atoms with Crippen LogP contribution in [0.3, 0.4) is 0 Å². The number of nitrogens with zero attached hydrogens (tertiary/aromatic N) is 3. The molecule has 1 saturated heterocycles. The third-order valence-electron chi connectivity index (χ3n) is 7.59. The van der Waals surface area contributed by atoms with Crippen LogP contribution in [0.2, 0.25) is 0 Å². The highest BCUT2D eigenvalue weighted by atomic mass is 35.5. The topological polar surface area (TPSA) is 93.5 Å². The van der Waals surface area contributed by atoms with E-state index in [1.54, 1.807) is 12.3 Å². The molecule has 2 aliphatic rings. The van der Waals surface area contributed by atoms with Gasteiger partial charge in [-0.2, -0.15) is 0 Å². The van der Waals surface area contributed by atoms with E-state index in [4.69, 9.17) is 4.74 Å². The van der Waals surface area contributed by atoms with Crippen molar-refractivity contribution in [2.75, 3.05) is 13.7 Å². The Hall–Kier alpha value is -3.13. The maximum absolute atomic E-state index is 12.9. The Bertz CT molecular complexity index is 1170. The number of hydrogen-bond donors (Lipinski definition) is 1. The van der Waals surface area contributed by atoms with Gasteiger partial charge in [-0.15, -0.1) is 12.4 Å². The second-order valence-corrected chi connectivity index (χ2v) is 10.1. The number of ether oxygens (including phenoxy) is 1. The van der Waals surface area contributed by atoms with Crippen LogP contribution in [0.25, 0.3) is 6.08 Å². The van der Waals surface area contributed by atoms with Crippen molar-refractivity contribution < 1.29 is 19.1 Å². The zero-order valence-corrected chi connectivity index (χ0v) is 23.4. The van der Waals surface area contributed by atoms with Crippen molar-refractivity contribution in [3.05, 3.63) is 58.8 Å². The van der Waals surface area contributed by atoms with Gasteiger partial charge in [-0.25, -0.2) is 9.78 Å². The van der Waals surface area contributed by atoms with Crippen LogP contribution in [0.1, 0.15) is 87.9 Å². The number of halogens is 1. The average Bonchev–Trinajstić information content (AvgIpc) is 3.61. The van der Waals surface area contributed by atoms with Gasteiger partial charge in [-0.05, 0) is 42.9 Å². The average molecular weight is 543 g/mol. The number of methoxy groups -OCH3 is 1. The van der Waals surface area contributed by atoms with E-state index < -0.39 is 5.41 Å². The highest BCUT2D eigenvalue weighted by molar-refractivity contribution is 6.13. The highest BCUT2D eigenvalue weighted by Gasteiger charge is 2.43. The van der Waals surface area contributed by atoms with Crippen LogP contribution in [0.15, 0.2) is 36.2 Å². The molecule has 38 heavy (non-hydrogen) atoms. The van der Waals surface area contributed by atoms with E-state index in [1.807, 2.05) is 19.1 Å². The molecule has 1 saturated carbocycles. The Morgan fingerprint density at radius 3 is 2.42 bits per heavy atom. The second-order valence-electron chi connectivity index (χ2n) is 10.1. The quantitative estimate of drug-likeness (QED) is 0.234. The molecule has 9 heteroatoms. The molecule has 8 nitrogen and oxygen atoms in total. The second kappa shape index (κ2) is 13.1. The number of urea groups is 1. The summed E-state index contributed by atoms with van der Waals surface area (Å²) in [4.78, 5) is 43.8. The van der Waals surface area contributed by atoms with Crippen molar-refractivity contribution in [2.24, 2.45) is 0 Å². The van der Waals surface area contributed by atoms with E-state index >= 15 is 0 Å². The molecule has 4 rings (SSSR count). The summed E-state index contributed by atoms with van der Waals surface area (Å²) in [6.07, 6.45) is 11.7. The van der Waals surface area contributed by atoms with Gasteiger partial charge < -0.3 is 14.6 Å². The lowest BCUT2D eigenvalue weighted by atomic mass is 9.78. The number of imidazole rings is 1. The number of carbonyl (C=O) groups excluding carboxylic acids is 3. The molecule has 2 fully saturated rings. The van der Waals surface area contributed by atoms with Crippen molar-refractivity contribution in [3.63, 3.8) is 0 Å². The monoisotopic (exact) mass is 542 g/mol. The van der Waals surface area contributed by atoms with Crippen molar-refractivity contribution in [1.82, 2.24) is 19.8 Å². The van der Waals surface area contributed by atoms with Gasteiger partial charge in [0.25, 0.3) is 5.91 Å². The van der Waals surface area contributed by atoms with E-state index in [9.17, 15) is 14.4 Å². The molecular formula is C29H39ClN4O4. The van der Waals surface area contributed by atoms with Crippen LogP contribution in [0.5, 0.6) is 0 Å². The molecule has 0 bridgehead atoms. The smallest absolute Gasteiger partial charge is 0.329 e. The Morgan fingerprint density at radius 1 is 1.11 bits per heavy atom. The van der Waals surface area contributed by atoms with Crippen LogP contribution < -0.4 is 5.32 Å². The minimum Gasteiger partial charge on any atom is -0.468 e. The van der Waals surface area contributed by atoms with E-state index in [-0.39, 0.29) is 36.0 Å². The Balaban J connectivity index is 0.00000400. The van der Waals surface area contributed by atoms with Crippen molar-refractivity contribution in [2.45, 2.75) is 83.6 Å². The highest BCUT2D eigenvalue weighted by Crippen LogP contribution is 2.42. The Labute approximate surface area is 231 Å². The number of amides is 3. The first kappa shape index (κ1) is 29.4. The number of nitrogens with one attached hydrogen (secondary N) is 1. The first-order valence-electron chi connectivity index (χ1n) is 13.5. The minimum absolute atomic E-state index is 0. The third-order valence-corrected chi connectivity index (χ3v) is 7.59. The molecule has 1 aliphatic carbocycles. The van der Waals surface area contributed by atoms with Gasteiger partial charge in [0.15, 0.2) is 0 Å². The predicted molar refractivity (Wildman–Crippen MR) is 149 cm³/mol. The molecule has 1 aromatic heterocycles. The number of carbonyl (C=O) groups is 3. The summed E-state index contributed by atoms with van der Waals surface area (Å²) >= 11 is 0. The molecule has 0 spiro atoms. The third kappa shape index (κ3) is 5.96. The predicted octanol–water partition coefficient (Wildman–Crippen LogP) is 5.37. The summed E-state index contributed by atoms with van der Waals surface area (Å²) in [6.45, 7) is 5.16. The number of hydrogen-bond acceptors (Lipinski definition) is 5. The Kier molecular flexibility index (Phi) is 10.1. The van der Waals surface area contributed by atoms with Gasteiger partial charge in [-0.1, -0.05) is 63.8 Å². The van der Waals surface area contributed by atoms with Crippen molar-refractivity contribution in [3.8, 4) is 0 Å². The van der Waals surface area contributed by atoms with E-state index in [2.05, 4.69) is 33.9 Å². The molecule has 1 aliphatic heterocycles. The number of aromatic nitrogens is 2. The number of rotatable bonds is 11. The SMILES string of the molecule is CCCCc1ncc(/C=C2\NC(=O)N(CCCC)C2=O)n1Cc1ccc(C2(C(=O)OC)CCCC2)cc1.Cl. The standard InChI is InChI=1S/C29H38N4O4.ClH/c1-4-6-10-25-30-19-23(18-24-26(34)32(17-7-5-2)28(36)31-24)33(25)20-21-11-13-22(14-12-21)29(27(35)37-3)15-8-9-16-29;/h11-14,18-19H,4-10,15-17,20H2,1-3H3,(H,31,36);1H/b24-18-;. The van der Waals surface area contributed by atoms with Gasteiger partial charge in [0.05, 0.1) is 24.4 Å². The first-order chi connectivity index (χ1) is 17.9. The fraction of sp³-hybridized carbons (Fsp3) is 0.517. The van der Waals surface area contributed by atoms with Crippen molar-refractivity contribution >= 4 is 36.4 Å². The van der Waals surface area contributed by atoms with Crippen LogP contribution in [-0.2, 0) is 32.7 Å². The van der Waals surface area contributed by atoms with Crippen LogP contribution in [0.4, 0.5) is 4.79 Å². The summed E-state index contributed by atoms with van der Waals surface area (Å²) in [6, 6.07) is 7.85. The van der Waals surface area contributed by atoms with Crippen LogP contribution >= 0.6 is 12.4 Å². The van der Waals surface area contributed by atoms with Gasteiger partial charge in [0.1, 0.15) is 11.5 Å². The number of imide groups is 1. The van der Waals surface area contributed by atoms with E-state index in [0.717, 1.165) is 80.4 Å². The van der Waals surface area contributed by atoms with Crippen LogP contribution in [0, 0.1) is 0 Å². The molecule has 1 N–H and O–H groups in total. The lowest BCUT2D eigenvalue weighted by Crippen LogP contribution is -2.34. The number of esters is 1. The molecule has 0 radical (unpaired) electrons. The Morgan fingerprint density at radius 2 is 1.79 bits per heavy atom. The van der Waals surface area contributed by atoms with E-state index in [1.165, 1.54) is 12.0 Å². The largest absolute Gasteiger partial charge is 0.468 e. The summed E-state index contributed by atoms with van der Waals surface area (Å²) in [5.74, 6) is 0.494. The summed E-state index contributed by atoms with van der Waals surface area (Å²) in [7, 11) is 1.46. The minimum atomic E-state index is -0.547. The fourth-order valence-electron chi connectivity index (χ4n) is 5.40. The number of benzene rings is 1. The van der Waals surface area contributed by atoms with Crippen molar-refractivity contribution in [1.29, 1.82) is 0 Å². The lowest BCUT2D eigenvalue weighted by Gasteiger charge is -2.26. The van der Waals surface area contributed by atoms with Gasteiger partial charge in [0, 0.05) is 19.5 Å². The zero-order valence-electron chi connectivity index (χ0n) is 22.6. The van der Waals surface area contributed by atoms with Gasteiger partial charge in [0.2, 0.25) is 0 Å². The molecule has 1 aromatic carbocycles. The number of unbranched alkanes of at least 4 members (excludes halogenated alkanes) is 2. The normalized spacial score (nSPS) is 17.6. The fourth-order valence-corrected chi connectivity index (χ4v) is 5.40. The van der Waals surface area contributed by atoms with Gasteiger partial charge in [-0.3, -0.25) is 14.5 Å². The molecule has 0 atom stereocenters. The summed E-state index contributed by atoms with van der Waals surface area (Å²) < 4.78 is 7.27. The molecule has 3 amide bonds. The van der Waals surface area contributed by atoms with E-state index in [0.29, 0.717) is 13.1 Å². The summed E-state index contributed by atoms with van der Waals surface area (Å²) in [5.41, 5.74) is 2.59. The molecule has 206 valence electrons. The van der Waals surface area contributed by atoms with Gasteiger partial charge >= 0.3 is 12.0 Å². The molecule has 2 aromatic rings. The first-order valence-corrected chi connectivity index (χ1v) is 13.5. The zero-order chi connectivity index (χ0) is 26.4. The molecule has 0 unspecified atom stereocenters. The lowest BCUT2D eigenvalue weighted by molar-refractivity contribution is -0.147. The molecule has 2 heterocycles. The maximum Gasteiger partial charge on any atom is 0.329 e. The van der Waals surface area contributed by atoms with Crippen LogP contribution in [-0.4, -0.2) is 46.0 Å². The number of aryl methyl sites for hydroxylation is 1. The summed E-state index contributed by atoms with van der Waals surface area (Å²) in [5, 5.41) is 2.73.